The third kappa shape index (κ3) is 1.50. The number of aliphatic carboxylic acids is 1. The normalized spacial score (nSPS) is 23.7. The summed E-state index contributed by atoms with van der Waals surface area (Å²) in [6, 6.07) is 3.99. The average molecular weight is 262 g/mol. The van der Waals surface area contributed by atoms with E-state index in [1.807, 2.05) is 22.4 Å². The van der Waals surface area contributed by atoms with Crippen LogP contribution in [0.2, 0.25) is 0 Å². The van der Waals surface area contributed by atoms with Crippen LogP contribution >= 0.6 is 11.3 Å². The van der Waals surface area contributed by atoms with Crippen LogP contribution in [0.3, 0.4) is 0 Å². The Bertz CT molecular complexity index is 610. The molecule has 18 heavy (non-hydrogen) atoms. The Morgan fingerprint density at radius 2 is 2.39 bits per heavy atom. The fraction of sp³-hybridized carbons (Fsp3) is 0.385. The Hall–Kier alpha value is -1.62. The predicted octanol–water partition coefficient (Wildman–Crippen LogP) is 2.74. The van der Waals surface area contributed by atoms with E-state index in [4.69, 9.17) is 0 Å². The van der Waals surface area contributed by atoms with E-state index in [0.717, 1.165) is 28.9 Å². The van der Waals surface area contributed by atoms with Crippen LogP contribution in [-0.2, 0) is 4.79 Å². The van der Waals surface area contributed by atoms with Gasteiger partial charge in [-0.1, -0.05) is 0 Å². The van der Waals surface area contributed by atoms with E-state index < -0.39 is 11.5 Å². The van der Waals surface area contributed by atoms with Gasteiger partial charge in [0.15, 0.2) is 0 Å². The molecule has 3 heterocycles. The van der Waals surface area contributed by atoms with Crippen LogP contribution in [0.5, 0.6) is 0 Å². The van der Waals surface area contributed by atoms with Crippen molar-refractivity contribution in [1.29, 1.82) is 0 Å². The van der Waals surface area contributed by atoms with Crippen molar-refractivity contribution in [3.05, 3.63) is 23.7 Å². The first-order chi connectivity index (χ1) is 8.63. The quantitative estimate of drug-likeness (QED) is 0.904. The van der Waals surface area contributed by atoms with Crippen LogP contribution in [0.15, 0.2) is 23.7 Å². The first kappa shape index (κ1) is 11.5. The van der Waals surface area contributed by atoms with Crippen LogP contribution in [0.1, 0.15) is 19.8 Å². The Morgan fingerprint density at radius 3 is 3.17 bits per heavy atom. The van der Waals surface area contributed by atoms with Crippen LogP contribution in [0.25, 0.3) is 10.1 Å². The maximum Gasteiger partial charge on any atom is 0.329 e. The van der Waals surface area contributed by atoms with Crippen molar-refractivity contribution in [2.75, 3.05) is 11.4 Å². The van der Waals surface area contributed by atoms with Gasteiger partial charge in [0.2, 0.25) is 0 Å². The Balaban J connectivity index is 2.14. The van der Waals surface area contributed by atoms with Crippen molar-refractivity contribution < 1.29 is 9.90 Å². The molecule has 0 aromatic carbocycles. The molecule has 1 unspecified atom stereocenters. The third-order valence-corrected chi connectivity index (χ3v) is 4.60. The van der Waals surface area contributed by atoms with Crippen LogP contribution < -0.4 is 4.90 Å². The predicted molar refractivity (Wildman–Crippen MR) is 72.2 cm³/mol. The number of carboxylic acid groups (broad SMARTS) is 1. The zero-order valence-corrected chi connectivity index (χ0v) is 10.9. The first-order valence-corrected chi connectivity index (χ1v) is 6.84. The molecule has 1 N–H and O–H groups in total. The number of carbonyl (C=O) groups is 1. The molecule has 1 aliphatic heterocycles. The lowest BCUT2D eigenvalue weighted by Crippen LogP contribution is -2.48. The van der Waals surface area contributed by atoms with Crippen LogP contribution in [-0.4, -0.2) is 28.1 Å². The summed E-state index contributed by atoms with van der Waals surface area (Å²) in [5.74, 6) is 0.0326. The highest BCUT2D eigenvalue weighted by molar-refractivity contribution is 7.17. The summed E-state index contributed by atoms with van der Waals surface area (Å²) in [4.78, 5) is 17.9. The van der Waals surface area contributed by atoms with Crippen molar-refractivity contribution in [2.24, 2.45) is 0 Å². The fourth-order valence-electron chi connectivity index (χ4n) is 2.62. The van der Waals surface area contributed by atoms with Gasteiger partial charge in [-0.05, 0) is 37.3 Å². The molecule has 0 aliphatic carbocycles. The number of carboxylic acids is 1. The lowest BCUT2D eigenvalue weighted by molar-refractivity contribution is -0.142. The topological polar surface area (TPSA) is 53.4 Å². The summed E-state index contributed by atoms with van der Waals surface area (Å²) in [5, 5.41) is 12.5. The van der Waals surface area contributed by atoms with Gasteiger partial charge in [-0.2, -0.15) is 0 Å². The van der Waals surface area contributed by atoms with Gasteiger partial charge in [-0.25, -0.2) is 9.78 Å². The van der Waals surface area contributed by atoms with Gasteiger partial charge in [0.25, 0.3) is 0 Å². The van der Waals surface area contributed by atoms with E-state index in [2.05, 4.69) is 4.98 Å². The minimum atomic E-state index is -0.830. The molecule has 0 bridgehead atoms. The molecule has 1 saturated heterocycles. The molecular formula is C13H14N2O2S. The standard InChI is InChI=1S/C13H14N2O2S/c1-13(12(16)17)5-2-7-15(13)11-9-4-8-18-10(9)3-6-14-11/h3-4,6,8H,2,5,7H2,1H3,(H,16,17). The monoisotopic (exact) mass is 262 g/mol. The summed E-state index contributed by atoms with van der Waals surface area (Å²) in [6.45, 7) is 2.54. The molecule has 5 heteroatoms. The average Bonchev–Trinajstić information content (AvgIpc) is 2.95. The Labute approximate surface area is 109 Å². The smallest absolute Gasteiger partial charge is 0.329 e. The molecule has 3 rings (SSSR count). The maximum absolute atomic E-state index is 11.5. The van der Waals surface area contributed by atoms with E-state index in [1.54, 1.807) is 24.5 Å². The Kier molecular flexibility index (Phi) is 2.52. The van der Waals surface area contributed by atoms with Crippen molar-refractivity contribution in [1.82, 2.24) is 4.98 Å². The number of fused-ring (bicyclic) bond motifs is 1. The third-order valence-electron chi connectivity index (χ3n) is 3.72. The van der Waals surface area contributed by atoms with Gasteiger partial charge in [0.05, 0.1) is 0 Å². The summed E-state index contributed by atoms with van der Waals surface area (Å²) in [5.41, 5.74) is -0.830. The second-order valence-corrected chi connectivity index (χ2v) is 5.75. The van der Waals surface area contributed by atoms with Crippen molar-refractivity contribution in [2.45, 2.75) is 25.3 Å². The van der Waals surface area contributed by atoms with Gasteiger partial charge in [0, 0.05) is 22.8 Å². The number of nitrogens with zero attached hydrogens (tertiary/aromatic N) is 2. The fourth-order valence-corrected chi connectivity index (χ4v) is 3.40. The van der Waals surface area contributed by atoms with Gasteiger partial charge < -0.3 is 10.0 Å². The largest absolute Gasteiger partial charge is 0.480 e. The number of anilines is 1. The molecule has 1 aliphatic rings. The molecular weight excluding hydrogens is 248 g/mol. The van der Waals surface area contributed by atoms with Gasteiger partial charge >= 0.3 is 5.97 Å². The summed E-state index contributed by atoms with van der Waals surface area (Å²) in [7, 11) is 0. The van der Waals surface area contributed by atoms with Crippen molar-refractivity contribution >= 4 is 33.2 Å². The number of pyridine rings is 1. The summed E-state index contributed by atoms with van der Waals surface area (Å²) in [6.07, 6.45) is 3.32. The van der Waals surface area contributed by atoms with Crippen LogP contribution in [0.4, 0.5) is 5.82 Å². The summed E-state index contributed by atoms with van der Waals surface area (Å²) >= 11 is 1.65. The lowest BCUT2D eigenvalue weighted by Gasteiger charge is -2.32. The van der Waals surface area contributed by atoms with Crippen molar-refractivity contribution in [3.8, 4) is 0 Å². The Morgan fingerprint density at radius 1 is 1.56 bits per heavy atom. The lowest BCUT2D eigenvalue weighted by atomic mass is 9.99. The van der Waals surface area contributed by atoms with E-state index in [0.29, 0.717) is 6.42 Å². The summed E-state index contributed by atoms with van der Waals surface area (Å²) < 4.78 is 1.15. The number of hydrogen-bond acceptors (Lipinski definition) is 4. The van der Waals surface area contributed by atoms with Gasteiger partial charge in [0.1, 0.15) is 11.4 Å². The van der Waals surface area contributed by atoms with Gasteiger partial charge in [-0.3, -0.25) is 0 Å². The second kappa shape index (κ2) is 3.95. The number of thiophene rings is 1. The molecule has 94 valence electrons. The molecule has 2 aromatic rings. The van der Waals surface area contributed by atoms with Gasteiger partial charge in [-0.15, -0.1) is 11.3 Å². The molecule has 0 radical (unpaired) electrons. The van der Waals surface area contributed by atoms with Crippen molar-refractivity contribution in [3.63, 3.8) is 0 Å². The number of rotatable bonds is 2. The molecule has 0 saturated carbocycles. The number of hydrogen-bond donors (Lipinski definition) is 1. The first-order valence-electron chi connectivity index (χ1n) is 5.96. The maximum atomic E-state index is 11.5. The van der Waals surface area contributed by atoms with E-state index in [-0.39, 0.29) is 0 Å². The SMILES string of the molecule is CC1(C(=O)O)CCCN1c1nccc2sccc12. The molecule has 1 atom stereocenters. The highest BCUT2D eigenvalue weighted by Crippen LogP contribution is 2.37. The molecule has 2 aromatic heterocycles. The number of aromatic nitrogens is 1. The second-order valence-electron chi connectivity index (χ2n) is 4.80. The molecule has 0 spiro atoms. The highest BCUT2D eigenvalue weighted by atomic mass is 32.1. The molecule has 0 amide bonds. The van der Waals surface area contributed by atoms with Crippen LogP contribution in [0, 0.1) is 0 Å². The zero-order valence-electron chi connectivity index (χ0n) is 10.1. The van der Waals surface area contributed by atoms with E-state index >= 15 is 0 Å². The minimum absolute atomic E-state index is 0.671. The minimum Gasteiger partial charge on any atom is -0.480 e. The molecule has 4 nitrogen and oxygen atoms in total. The van der Waals surface area contributed by atoms with E-state index in [9.17, 15) is 9.90 Å². The molecule has 1 fully saturated rings. The van der Waals surface area contributed by atoms with E-state index in [1.165, 1.54) is 0 Å². The highest BCUT2D eigenvalue weighted by Gasteiger charge is 2.44. The zero-order chi connectivity index (χ0) is 12.8.